The first-order valence-corrected chi connectivity index (χ1v) is 9.63. The summed E-state index contributed by atoms with van der Waals surface area (Å²) in [5, 5.41) is 4.59. The Hall–Kier alpha value is -3.19. The summed E-state index contributed by atoms with van der Waals surface area (Å²) in [6.45, 7) is 4.07. The van der Waals surface area contributed by atoms with Crippen molar-refractivity contribution in [2.45, 2.75) is 20.5 Å². The molecule has 28 heavy (non-hydrogen) atoms. The summed E-state index contributed by atoms with van der Waals surface area (Å²) < 4.78 is 12.1. The van der Waals surface area contributed by atoms with Crippen molar-refractivity contribution >= 4 is 32.6 Å². The zero-order valence-electron chi connectivity index (χ0n) is 15.8. The molecule has 2 heterocycles. The second-order valence-electron chi connectivity index (χ2n) is 6.45. The van der Waals surface area contributed by atoms with E-state index < -0.39 is 0 Å². The van der Waals surface area contributed by atoms with E-state index in [1.54, 1.807) is 24.1 Å². The van der Waals surface area contributed by atoms with E-state index in [0.29, 0.717) is 23.1 Å². The van der Waals surface area contributed by atoms with Crippen molar-refractivity contribution < 1.29 is 14.1 Å². The standard InChI is InChI=1S/C21H19N3O3S/c1-13-17(14(2)27-23-13)12-26-16-8-6-7-15(11-16)20(25)24(3)21-22-18-9-4-5-10-19(18)28-21/h4-11H,12H2,1-3H3. The van der Waals surface area contributed by atoms with E-state index in [0.717, 1.165) is 27.2 Å². The molecule has 1 amide bonds. The summed E-state index contributed by atoms with van der Waals surface area (Å²) in [7, 11) is 1.73. The van der Waals surface area contributed by atoms with Gasteiger partial charge in [-0.25, -0.2) is 4.98 Å². The lowest BCUT2D eigenvalue weighted by molar-refractivity contribution is 0.0992. The molecule has 0 aliphatic carbocycles. The van der Waals surface area contributed by atoms with Crippen LogP contribution in [-0.2, 0) is 6.61 Å². The third-order valence-electron chi connectivity index (χ3n) is 4.52. The molecule has 142 valence electrons. The molecule has 0 aliphatic heterocycles. The van der Waals surface area contributed by atoms with Crippen LogP contribution >= 0.6 is 11.3 Å². The number of fused-ring (bicyclic) bond motifs is 1. The van der Waals surface area contributed by atoms with Gasteiger partial charge in [-0.2, -0.15) is 0 Å². The minimum Gasteiger partial charge on any atom is -0.489 e. The van der Waals surface area contributed by atoms with Crippen molar-refractivity contribution in [1.82, 2.24) is 10.1 Å². The van der Waals surface area contributed by atoms with E-state index >= 15 is 0 Å². The number of hydrogen-bond donors (Lipinski definition) is 0. The van der Waals surface area contributed by atoms with Gasteiger partial charge in [-0.05, 0) is 44.2 Å². The number of nitrogens with zero attached hydrogens (tertiary/aromatic N) is 3. The van der Waals surface area contributed by atoms with Crippen LogP contribution in [0.5, 0.6) is 5.75 Å². The fourth-order valence-electron chi connectivity index (χ4n) is 2.87. The van der Waals surface area contributed by atoms with Gasteiger partial charge in [0.2, 0.25) is 0 Å². The fraction of sp³-hybridized carbons (Fsp3) is 0.190. The van der Waals surface area contributed by atoms with Crippen molar-refractivity contribution in [3.05, 3.63) is 71.1 Å². The Labute approximate surface area is 166 Å². The Kier molecular flexibility index (Phi) is 4.83. The number of aromatic nitrogens is 2. The second-order valence-corrected chi connectivity index (χ2v) is 7.46. The van der Waals surface area contributed by atoms with E-state index in [1.807, 2.05) is 50.2 Å². The number of anilines is 1. The highest BCUT2D eigenvalue weighted by Gasteiger charge is 2.18. The Balaban J connectivity index is 1.52. The summed E-state index contributed by atoms with van der Waals surface area (Å²) in [4.78, 5) is 19.0. The third kappa shape index (κ3) is 3.48. The van der Waals surface area contributed by atoms with Crippen molar-refractivity contribution in [3.8, 4) is 5.75 Å². The highest BCUT2D eigenvalue weighted by molar-refractivity contribution is 7.22. The summed E-state index contributed by atoms with van der Waals surface area (Å²) >= 11 is 1.49. The monoisotopic (exact) mass is 393 g/mol. The van der Waals surface area contributed by atoms with Gasteiger partial charge in [-0.1, -0.05) is 34.7 Å². The van der Waals surface area contributed by atoms with E-state index in [1.165, 1.54) is 11.3 Å². The summed E-state index contributed by atoms with van der Waals surface area (Å²) in [5.41, 5.74) is 3.15. The van der Waals surface area contributed by atoms with Crippen molar-refractivity contribution in [1.29, 1.82) is 0 Å². The number of aryl methyl sites for hydroxylation is 2. The van der Waals surface area contributed by atoms with Gasteiger partial charge >= 0.3 is 0 Å². The molecule has 4 rings (SSSR count). The van der Waals surface area contributed by atoms with Crippen LogP contribution < -0.4 is 9.64 Å². The van der Waals surface area contributed by atoms with Gasteiger partial charge in [-0.3, -0.25) is 9.69 Å². The lowest BCUT2D eigenvalue weighted by Gasteiger charge is -2.14. The van der Waals surface area contributed by atoms with Crippen LogP contribution in [0, 0.1) is 13.8 Å². The van der Waals surface area contributed by atoms with Gasteiger partial charge in [0, 0.05) is 12.6 Å². The summed E-state index contributed by atoms with van der Waals surface area (Å²) in [6, 6.07) is 15.0. The van der Waals surface area contributed by atoms with E-state index in [2.05, 4.69) is 10.1 Å². The van der Waals surface area contributed by atoms with Gasteiger partial charge < -0.3 is 9.26 Å². The van der Waals surface area contributed by atoms with Crippen LogP contribution in [0.15, 0.2) is 53.1 Å². The fourth-order valence-corrected chi connectivity index (χ4v) is 3.79. The number of thiazole rings is 1. The number of para-hydroxylation sites is 1. The Morgan fingerprint density at radius 3 is 2.75 bits per heavy atom. The minimum absolute atomic E-state index is 0.137. The molecule has 0 aliphatic rings. The van der Waals surface area contributed by atoms with Crippen LogP contribution in [0.1, 0.15) is 27.4 Å². The molecule has 0 N–H and O–H groups in total. The highest BCUT2D eigenvalue weighted by atomic mass is 32.1. The maximum Gasteiger partial charge on any atom is 0.259 e. The van der Waals surface area contributed by atoms with Crippen LogP contribution in [-0.4, -0.2) is 23.1 Å². The number of carbonyl (C=O) groups excluding carboxylic acids is 1. The molecule has 0 unspecified atom stereocenters. The molecule has 2 aromatic carbocycles. The molecule has 0 saturated carbocycles. The lowest BCUT2D eigenvalue weighted by Crippen LogP contribution is -2.26. The van der Waals surface area contributed by atoms with E-state index in [4.69, 9.17) is 9.26 Å². The maximum absolute atomic E-state index is 12.9. The maximum atomic E-state index is 12.9. The molecular weight excluding hydrogens is 374 g/mol. The highest BCUT2D eigenvalue weighted by Crippen LogP contribution is 2.29. The molecule has 6 nitrogen and oxygen atoms in total. The second kappa shape index (κ2) is 7.44. The average molecular weight is 393 g/mol. The smallest absolute Gasteiger partial charge is 0.259 e. The number of rotatable bonds is 5. The molecule has 2 aromatic heterocycles. The first-order valence-electron chi connectivity index (χ1n) is 8.81. The number of hydrogen-bond acceptors (Lipinski definition) is 6. The SMILES string of the molecule is Cc1noc(C)c1COc1cccc(C(=O)N(C)c2nc3ccccc3s2)c1. The average Bonchev–Trinajstić information content (AvgIpc) is 3.28. The van der Waals surface area contributed by atoms with Gasteiger partial charge in [0.25, 0.3) is 5.91 Å². The molecule has 4 aromatic rings. The predicted octanol–water partition coefficient (Wildman–Crippen LogP) is 4.76. The van der Waals surface area contributed by atoms with Gasteiger partial charge in [-0.15, -0.1) is 0 Å². The van der Waals surface area contributed by atoms with Crippen molar-refractivity contribution in [3.63, 3.8) is 0 Å². The minimum atomic E-state index is -0.137. The number of amides is 1. The molecule has 0 saturated heterocycles. The molecule has 0 spiro atoms. The zero-order chi connectivity index (χ0) is 19.7. The summed E-state index contributed by atoms with van der Waals surface area (Å²) in [6.07, 6.45) is 0. The topological polar surface area (TPSA) is 68.5 Å². The third-order valence-corrected chi connectivity index (χ3v) is 5.63. The van der Waals surface area contributed by atoms with Crippen molar-refractivity contribution in [2.24, 2.45) is 0 Å². The normalized spacial score (nSPS) is 11.0. The Bertz CT molecular complexity index is 1100. The molecule has 7 heteroatoms. The number of ether oxygens (including phenoxy) is 1. The van der Waals surface area contributed by atoms with Crippen LogP contribution in [0.3, 0.4) is 0 Å². The largest absolute Gasteiger partial charge is 0.489 e. The lowest BCUT2D eigenvalue weighted by atomic mass is 10.2. The van der Waals surface area contributed by atoms with Crippen molar-refractivity contribution in [2.75, 3.05) is 11.9 Å². The number of carbonyl (C=O) groups is 1. The predicted molar refractivity (Wildman–Crippen MR) is 109 cm³/mol. The van der Waals surface area contributed by atoms with E-state index in [9.17, 15) is 4.79 Å². The van der Waals surface area contributed by atoms with Gasteiger partial charge in [0.15, 0.2) is 5.13 Å². The molecule has 0 bridgehead atoms. The Morgan fingerprint density at radius 2 is 2.00 bits per heavy atom. The van der Waals surface area contributed by atoms with Gasteiger partial charge in [0.05, 0.1) is 21.5 Å². The Morgan fingerprint density at radius 1 is 1.18 bits per heavy atom. The van der Waals surface area contributed by atoms with Crippen LogP contribution in [0.4, 0.5) is 5.13 Å². The van der Waals surface area contributed by atoms with E-state index in [-0.39, 0.29) is 5.91 Å². The molecule has 0 radical (unpaired) electrons. The molecule has 0 fully saturated rings. The molecule has 0 atom stereocenters. The molecular formula is C21H19N3O3S. The van der Waals surface area contributed by atoms with Crippen LogP contribution in [0.25, 0.3) is 10.2 Å². The van der Waals surface area contributed by atoms with Crippen LogP contribution in [0.2, 0.25) is 0 Å². The first-order chi connectivity index (χ1) is 13.5. The van der Waals surface area contributed by atoms with Gasteiger partial charge in [0.1, 0.15) is 18.1 Å². The first kappa shape index (κ1) is 18.2. The number of benzene rings is 2. The summed E-state index contributed by atoms with van der Waals surface area (Å²) in [5.74, 6) is 1.21. The quantitative estimate of drug-likeness (QED) is 0.489. The zero-order valence-corrected chi connectivity index (χ0v) is 16.6.